The van der Waals surface area contributed by atoms with Crippen molar-refractivity contribution in [3.8, 4) is 0 Å². The van der Waals surface area contributed by atoms with E-state index in [0.717, 1.165) is 11.7 Å². The number of rotatable bonds is 1. The monoisotopic (exact) mass is 136 g/mol. The highest BCUT2D eigenvalue weighted by Crippen LogP contribution is 1.98. The molecule has 0 aliphatic carbocycles. The Labute approximate surface area is 58.5 Å². The molecule has 0 nitrogen and oxygen atoms in total. The van der Waals surface area contributed by atoms with Crippen molar-refractivity contribution >= 4 is 14.5 Å². The fourth-order valence-corrected chi connectivity index (χ4v) is 0.881. The molecule has 1 aromatic rings. The second-order valence-corrected chi connectivity index (χ2v) is 2.54. The Morgan fingerprint density at radius 2 is 1.78 bits per heavy atom. The Hall–Kier alpha value is -0.350. The third kappa shape index (κ3) is 1.80. The molecular formula is C8H9P-2. The van der Waals surface area contributed by atoms with Crippen LogP contribution < -0.4 is 5.30 Å². The van der Waals surface area contributed by atoms with Gasteiger partial charge in [0.15, 0.2) is 0 Å². The Morgan fingerprint density at radius 3 is 2.22 bits per heavy atom. The van der Waals surface area contributed by atoms with Gasteiger partial charge in [-0.1, -0.05) is 19.1 Å². The highest BCUT2D eigenvalue weighted by atomic mass is 31.0. The van der Waals surface area contributed by atoms with Gasteiger partial charge in [-0.25, -0.2) is 0 Å². The second kappa shape index (κ2) is 2.98. The molecule has 0 amide bonds. The van der Waals surface area contributed by atoms with Crippen LogP contribution in [0.15, 0.2) is 24.3 Å². The van der Waals surface area contributed by atoms with E-state index < -0.39 is 0 Å². The maximum Gasteiger partial charge on any atom is -0.0307 e. The molecule has 0 spiro atoms. The Kier molecular flexibility index (Phi) is 2.24. The van der Waals surface area contributed by atoms with Gasteiger partial charge in [0.1, 0.15) is 0 Å². The third-order valence-corrected chi connectivity index (χ3v) is 1.64. The highest BCUT2D eigenvalue weighted by molar-refractivity contribution is 7.27. The molecule has 0 saturated heterocycles. The molecule has 0 bridgehead atoms. The van der Waals surface area contributed by atoms with Gasteiger partial charge in [0.2, 0.25) is 0 Å². The summed E-state index contributed by atoms with van der Waals surface area (Å²) in [6.07, 6.45) is 1.11. The summed E-state index contributed by atoms with van der Waals surface area (Å²) in [5, 5.41) is 1.03. The van der Waals surface area contributed by atoms with Crippen LogP contribution in [0.25, 0.3) is 0 Å². The lowest BCUT2D eigenvalue weighted by Gasteiger charge is -2.32. The lowest BCUT2D eigenvalue weighted by Crippen LogP contribution is -1.88. The second-order valence-electron chi connectivity index (χ2n) is 2.02. The van der Waals surface area contributed by atoms with Crippen LogP contribution >= 0.6 is 9.24 Å². The lowest BCUT2D eigenvalue weighted by atomic mass is 10.2. The summed E-state index contributed by atoms with van der Waals surface area (Å²) >= 11 is 0. The molecule has 1 aromatic carbocycles. The molecule has 0 fully saturated rings. The molecule has 0 aliphatic heterocycles. The van der Waals surface area contributed by atoms with Gasteiger partial charge in [-0.2, -0.15) is 0 Å². The molecule has 0 aliphatic rings. The van der Waals surface area contributed by atoms with E-state index in [9.17, 15) is 0 Å². The summed E-state index contributed by atoms with van der Waals surface area (Å²) in [6, 6.07) is 8.23. The van der Waals surface area contributed by atoms with Crippen LogP contribution in [-0.2, 0) is 6.42 Å². The smallest absolute Gasteiger partial charge is 0.0307 e. The zero-order valence-electron chi connectivity index (χ0n) is 5.46. The van der Waals surface area contributed by atoms with Crippen molar-refractivity contribution in [2.45, 2.75) is 13.3 Å². The van der Waals surface area contributed by atoms with Crippen molar-refractivity contribution < 1.29 is 0 Å². The van der Waals surface area contributed by atoms with Gasteiger partial charge in [0.25, 0.3) is 0 Å². The summed E-state index contributed by atoms with van der Waals surface area (Å²) in [5.74, 6) is 0. The van der Waals surface area contributed by atoms with Gasteiger partial charge in [0.05, 0.1) is 0 Å². The summed E-state index contributed by atoms with van der Waals surface area (Å²) in [4.78, 5) is 0. The minimum Gasteiger partial charge on any atom is -1.45 e. The number of benzene rings is 1. The van der Waals surface area contributed by atoms with E-state index in [0.29, 0.717) is 0 Å². The van der Waals surface area contributed by atoms with E-state index in [-0.39, 0.29) is 0 Å². The maximum atomic E-state index is 4.17. The van der Waals surface area contributed by atoms with E-state index in [1.54, 1.807) is 0 Å². The molecule has 0 unspecified atom stereocenters. The normalized spacial score (nSPS) is 9.56. The van der Waals surface area contributed by atoms with E-state index >= 15 is 0 Å². The molecule has 1 rings (SSSR count). The number of hydrogen-bond donors (Lipinski definition) is 0. The van der Waals surface area contributed by atoms with Crippen LogP contribution in [0.5, 0.6) is 0 Å². The molecule has 0 saturated carbocycles. The first-order chi connectivity index (χ1) is 4.33. The quantitative estimate of drug-likeness (QED) is 0.519. The average Bonchev–Trinajstić information content (AvgIpc) is 1.90. The average molecular weight is 136 g/mol. The van der Waals surface area contributed by atoms with Gasteiger partial charge in [-0.3, -0.25) is 0 Å². The van der Waals surface area contributed by atoms with Crippen molar-refractivity contribution in [3.05, 3.63) is 29.8 Å². The van der Waals surface area contributed by atoms with Crippen molar-refractivity contribution in [1.82, 2.24) is 0 Å². The zero-order valence-corrected chi connectivity index (χ0v) is 6.36. The van der Waals surface area contributed by atoms with Crippen LogP contribution in [0.2, 0.25) is 0 Å². The predicted molar refractivity (Wildman–Crippen MR) is 42.4 cm³/mol. The van der Waals surface area contributed by atoms with E-state index in [1.807, 2.05) is 12.1 Å². The van der Waals surface area contributed by atoms with E-state index in [2.05, 4.69) is 28.3 Å². The summed E-state index contributed by atoms with van der Waals surface area (Å²) in [6.45, 7) is 2.15. The molecule has 0 radical (unpaired) electrons. The minimum atomic E-state index is 1.03. The van der Waals surface area contributed by atoms with Gasteiger partial charge in [-0.15, -0.1) is 12.1 Å². The summed E-state index contributed by atoms with van der Waals surface area (Å²) in [5.41, 5.74) is 1.37. The van der Waals surface area contributed by atoms with Crippen molar-refractivity contribution in [3.63, 3.8) is 0 Å². The first-order valence-corrected chi connectivity index (χ1v) is 3.55. The van der Waals surface area contributed by atoms with E-state index in [4.69, 9.17) is 0 Å². The fourth-order valence-electron chi connectivity index (χ4n) is 0.732. The van der Waals surface area contributed by atoms with Crippen molar-refractivity contribution in [2.24, 2.45) is 0 Å². The Balaban J connectivity index is 2.88. The lowest BCUT2D eigenvalue weighted by molar-refractivity contribution is 1.14. The van der Waals surface area contributed by atoms with Gasteiger partial charge in [-0.05, 0) is 12.0 Å². The summed E-state index contributed by atoms with van der Waals surface area (Å²) in [7, 11) is 4.17. The van der Waals surface area contributed by atoms with Gasteiger partial charge >= 0.3 is 0 Å². The van der Waals surface area contributed by atoms with Crippen LogP contribution in [0.4, 0.5) is 0 Å². The first kappa shape index (κ1) is 6.77. The third-order valence-electron chi connectivity index (χ3n) is 1.34. The molecule has 1 heteroatoms. The standard InChI is InChI=1S/C8H9P/c1-2-7-3-5-8(9)6-4-7/h3-6H,2H2,1H3/q-2. The van der Waals surface area contributed by atoms with E-state index in [1.165, 1.54) is 5.56 Å². The fraction of sp³-hybridized carbons (Fsp3) is 0.250. The maximum absolute atomic E-state index is 4.17. The molecule has 0 atom stereocenters. The molecule has 9 heavy (non-hydrogen) atoms. The van der Waals surface area contributed by atoms with Crippen LogP contribution in [0.1, 0.15) is 12.5 Å². The zero-order chi connectivity index (χ0) is 6.69. The molecule has 48 valence electrons. The van der Waals surface area contributed by atoms with Gasteiger partial charge in [0, 0.05) is 0 Å². The Bertz CT molecular complexity index is 176. The van der Waals surface area contributed by atoms with Crippen molar-refractivity contribution in [1.29, 1.82) is 0 Å². The molecule has 0 N–H and O–H groups in total. The highest BCUT2D eigenvalue weighted by Gasteiger charge is 1.78. The first-order valence-electron chi connectivity index (χ1n) is 3.11. The molecule has 0 heterocycles. The van der Waals surface area contributed by atoms with Gasteiger partial charge < -0.3 is 14.5 Å². The van der Waals surface area contributed by atoms with Crippen molar-refractivity contribution in [2.75, 3.05) is 0 Å². The molecule has 0 aromatic heterocycles. The Morgan fingerprint density at radius 1 is 1.22 bits per heavy atom. The number of aryl methyl sites for hydroxylation is 1. The largest absolute Gasteiger partial charge is 1.45 e. The summed E-state index contributed by atoms with van der Waals surface area (Å²) < 4.78 is 0. The van der Waals surface area contributed by atoms with Crippen LogP contribution in [0.3, 0.4) is 0 Å². The molecular weight excluding hydrogens is 127 g/mol. The van der Waals surface area contributed by atoms with Crippen LogP contribution in [0, 0.1) is 0 Å². The number of hydrogen-bond acceptors (Lipinski definition) is 0. The SMILES string of the molecule is CCc1ccc([P-2])cc1. The predicted octanol–water partition coefficient (Wildman–Crippen LogP) is 2.28. The van der Waals surface area contributed by atoms with Crippen LogP contribution in [-0.4, -0.2) is 0 Å². The minimum absolute atomic E-state index is 1.03. The topological polar surface area (TPSA) is 0 Å².